The van der Waals surface area contributed by atoms with Crippen LogP contribution in [0.4, 0.5) is 0 Å². The summed E-state index contributed by atoms with van der Waals surface area (Å²) in [6, 6.07) is 109. The van der Waals surface area contributed by atoms with Crippen molar-refractivity contribution in [1.29, 1.82) is 0 Å². The average molecular weight is 1720 g/mol. The van der Waals surface area contributed by atoms with Crippen LogP contribution in [-0.2, 0) is 23.7 Å². The number of hydrogen-bond acceptors (Lipinski definition) is 10. The molecule has 10 nitrogen and oxygen atoms in total. The Bertz CT molecular complexity index is 2510. The molecule has 0 aromatic heterocycles. The van der Waals surface area contributed by atoms with E-state index < -0.39 is 0 Å². The Morgan fingerprint density at radius 3 is 0.315 bits per heavy atom. The van der Waals surface area contributed by atoms with Gasteiger partial charge in [-0.15, -0.1) is 0 Å². The van der Waals surface area contributed by atoms with Crippen LogP contribution in [0.1, 0.15) is 264 Å². The minimum Gasteiger partial charge on any atom is -0.491 e. The maximum absolute atomic E-state index is 5.40. The van der Waals surface area contributed by atoms with Crippen LogP contribution in [0, 0.1) is 0 Å². The normalized spacial score (nSPS) is 13.1. The Balaban J connectivity index is -0.000000163. The fourth-order valence-corrected chi connectivity index (χ4v) is 6.63. The van der Waals surface area contributed by atoms with Crippen molar-refractivity contribution in [3.63, 3.8) is 0 Å². The molecule has 5 unspecified atom stereocenters. The summed E-state index contributed by atoms with van der Waals surface area (Å²) in [4.78, 5) is 0. The number of unbranched alkanes of at least 4 members (excludes halogenated alkanes) is 2. The van der Waals surface area contributed by atoms with Gasteiger partial charge in [-0.2, -0.15) is 0 Å². The van der Waals surface area contributed by atoms with Gasteiger partial charge in [0.15, 0.2) is 0 Å². The molecule has 5 aliphatic rings. The summed E-state index contributed by atoms with van der Waals surface area (Å²) < 4.78 is 52.1. The second-order valence-electron chi connectivity index (χ2n) is 25.7. The van der Waals surface area contributed by atoms with E-state index in [1.807, 2.05) is 403 Å². The Morgan fingerprint density at radius 1 is 0.169 bits per heavy atom. The van der Waals surface area contributed by atoms with E-state index in [9.17, 15) is 0 Å². The summed E-state index contributed by atoms with van der Waals surface area (Å²) in [6.45, 7) is 66.1. The standard InChI is InChI=1S/5C9H10O2.5C6H6.C5H12.8C3H8.5C2H6/c5*1-2-4-8(5-3-1)10-6-9-7-11-9;5*1-2-4-6-5-3-1;1-3-5-4-2;8*1-3-2;5*1-2/h5*1-5,9H,6-7H2;5*1-6H;3-5H2,1-2H3;8*3H2,1-2H3;5*1-2H3. The highest BCUT2D eigenvalue weighted by Crippen LogP contribution is 2.18. The zero-order chi connectivity index (χ0) is 94.6. The molecule has 0 bridgehead atoms. The van der Waals surface area contributed by atoms with Gasteiger partial charge in [0.2, 0.25) is 0 Å². The van der Waals surface area contributed by atoms with Gasteiger partial charge in [0, 0.05) is 0 Å². The summed E-state index contributed by atoms with van der Waals surface area (Å²) >= 11 is 0. The van der Waals surface area contributed by atoms with Crippen molar-refractivity contribution in [3.05, 3.63) is 334 Å². The molecular formula is C114H186O10. The lowest BCUT2D eigenvalue weighted by Crippen LogP contribution is -2.03. The molecule has 10 aromatic carbocycles. The van der Waals surface area contributed by atoms with Crippen LogP contribution in [0.25, 0.3) is 0 Å². The molecule has 5 atom stereocenters. The molecule has 5 fully saturated rings. The first-order chi connectivity index (χ1) is 61.0. The molecule has 0 aliphatic carbocycles. The maximum atomic E-state index is 5.40. The second-order valence-corrected chi connectivity index (χ2v) is 25.7. The molecule has 0 radical (unpaired) electrons. The maximum Gasteiger partial charge on any atom is 0.119 e. The van der Waals surface area contributed by atoms with E-state index in [0.717, 1.165) is 61.8 Å². The first kappa shape index (κ1) is 133. The van der Waals surface area contributed by atoms with E-state index in [2.05, 4.69) is 125 Å². The highest BCUT2D eigenvalue weighted by molar-refractivity contribution is 5.24. The van der Waals surface area contributed by atoms with Gasteiger partial charge in [0.05, 0.1) is 33.0 Å². The van der Waals surface area contributed by atoms with Crippen molar-refractivity contribution < 1.29 is 47.4 Å². The number of hydrogen-bond donors (Lipinski definition) is 0. The largest absolute Gasteiger partial charge is 0.491 e. The van der Waals surface area contributed by atoms with Crippen LogP contribution >= 0.6 is 0 Å². The fourth-order valence-electron chi connectivity index (χ4n) is 6.63. The molecule has 702 valence electrons. The van der Waals surface area contributed by atoms with Crippen LogP contribution in [0.5, 0.6) is 28.7 Å². The highest BCUT2D eigenvalue weighted by atomic mass is 16.6. The summed E-state index contributed by atoms with van der Waals surface area (Å²) in [7, 11) is 0. The molecule has 10 heteroatoms. The van der Waals surface area contributed by atoms with Gasteiger partial charge >= 0.3 is 0 Å². The van der Waals surface area contributed by atoms with Crippen molar-refractivity contribution in [2.75, 3.05) is 66.1 Å². The third-order valence-corrected chi connectivity index (χ3v) is 11.9. The molecule has 0 saturated carbocycles. The number of rotatable bonds is 17. The molecule has 5 saturated heterocycles. The second kappa shape index (κ2) is 127. The minimum atomic E-state index is 0.343. The topological polar surface area (TPSA) is 109 Å². The number of para-hydroxylation sites is 5. The first-order valence-corrected chi connectivity index (χ1v) is 47.4. The summed E-state index contributed by atoms with van der Waals surface area (Å²) in [6.07, 6.45) is 15.8. The lowest BCUT2D eigenvalue weighted by Gasteiger charge is -2.01. The van der Waals surface area contributed by atoms with Crippen LogP contribution in [-0.4, -0.2) is 96.6 Å². The van der Waals surface area contributed by atoms with Crippen LogP contribution < -0.4 is 23.7 Å². The van der Waals surface area contributed by atoms with E-state index in [1.165, 1.54) is 70.6 Å². The van der Waals surface area contributed by atoms with E-state index in [-0.39, 0.29) is 0 Å². The van der Waals surface area contributed by atoms with Gasteiger partial charge in [-0.1, -0.05) is 537 Å². The quantitative estimate of drug-likeness (QED) is 0.0818. The third-order valence-electron chi connectivity index (χ3n) is 11.9. The molecular weight excluding hydrogens is 1530 g/mol. The van der Waals surface area contributed by atoms with Gasteiger partial charge in [-0.3, -0.25) is 0 Å². The molecule has 5 heterocycles. The SMILES string of the molecule is CC.CC.CC.CC.CC.CCC.CCC.CCC.CCC.CCC.CCC.CCC.CCC.CCCCC.c1ccc(OCC2CO2)cc1.c1ccc(OCC2CO2)cc1.c1ccc(OCC2CO2)cc1.c1ccc(OCC2CO2)cc1.c1ccc(OCC2CO2)cc1.c1ccccc1.c1ccccc1.c1ccccc1.c1ccccc1.c1ccccc1. The molecule has 15 rings (SSSR count). The molecule has 124 heavy (non-hydrogen) atoms. The summed E-state index contributed by atoms with van der Waals surface area (Å²) in [5, 5.41) is 0. The van der Waals surface area contributed by atoms with Crippen LogP contribution in [0.2, 0.25) is 0 Å². The minimum absolute atomic E-state index is 0.343. The van der Waals surface area contributed by atoms with Gasteiger partial charge in [-0.05, 0) is 60.7 Å². The van der Waals surface area contributed by atoms with E-state index in [0.29, 0.717) is 63.6 Å². The van der Waals surface area contributed by atoms with Gasteiger partial charge in [-0.25, -0.2) is 0 Å². The van der Waals surface area contributed by atoms with Crippen molar-refractivity contribution in [2.24, 2.45) is 0 Å². The molecule has 0 N–H and O–H groups in total. The van der Waals surface area contributed by atoms with Crippen LogP contribution in [0.3, 0.4) is 0 Å². The van der Waals surface area contributed by atoms with E-state index in [1.54, 1.807) is 0 Å². The van der Waals surface area contributed by atoms with Crippen LogP contribution in [0.15, 0.2) is 334 Å². The fraction of sp³-hybridized carbons (Fsp3) is 0.474. The lowest BCUT2D eigenvalue weighted by molar-refractivity contribution is 0.263. The molecule has 0 amide bonds. The Labute approximate surface area is 766 Å². The third kappa shape index (κ3) is 134. The van der Waals surface area contributed by atoms with Crippen molar-refractivity contribution >= 4 is 0 Å². The Hall–Kier alpha value is -9.00. The van der Waals surface area contributed by atoms with E-state index >= 15 is 0 Å². The number of benzene rings is 10. The Kier molecular flexibility index (Phi) is 136. The van der Waals surface area contributed by atoms with Crippen molar-refractivity contribution in [2.45, 2.75) is 295 Å². The summed E-state index contributed by atoms with van der Waals surface area (Å²) in [5.74, 6) is 4.60. The number of epoxide rings is 5. The molecule has 0 spiro atoms. The van der Waals surface area contributed by atoms with Gasteiger partial charge in [0.25, 0.3) is 0 Å². The lowest BCUT2D eigenvalue weighted by atomic mass is 10.3. The molecule has 10 aromatic rings. The monoisotopic (exact) mass is 1720 g/mol. The zero-order valence-electron chi connectivity index (χ0n) is 84.1. The number of ether oxygens (including phenoxy) is 10. The highest BCUT2D eigenvalue weighted by Gasteiger charge is 2.25. The van der Waals surface area contributed by atoms with Crippen molar-refractivity contribution in [1.82, 2.24) is 0 Å². The zero-order valence-corrected chi connectivity index (χ0v) is 84.1. The summed E-state index contributed by atoms with van der Waals surface area (Å²) in [5.41, 5.74) is 0. The average Bonchev–Trinajstić information content (AvgIpc) is 1.80. The predicted molar refractivity (Wildman–Crippen MR) is 550 cm³/mol. The first-order valence-electron chi connectivity index (χ1n) is 47.4. The predicted octanol–water partition coefficient (Wildman–Crippen LogP) is 34.4. The van der Waals surface area contributed by atoms with Gasteiger partial charge < -0.3 is 47.4 Å². The molecule has 5 aliphatic heterocycles. The van der Waals surface area contributed by atoms with Gasteiger partial charge in [0.1, 0.15) is 92.3 Å². The Morgan fingerprint density at radius 2 is 0.250 bits per heavy atom. The van der Waals surface area contributed by atoms with E-state index in [4.69, 9.17) is 47.4 Å². The van der Waals surface area contributed by atoms with Crippen molar-refractivity contribution in [3.8, 4) is 28.7 Å². The smallest absolute Gasteiger partial charge is 0.119 e.